The summed E-state index contributed by atoms with van der Waals surface area (Å²) in [6, 6.07) is 5.64. The maximum absolute atomic E-state index is 13.1. The summed E-state index contributed by atoms with van der Waals surface area (Å²) >= 11 is 0. The number of alkyl halides is 3. The second-order valence-electron chi connectivity index (χ2n) is 6.32. The Kier molecular flexibility index (Phi) is 4.25. The zero-order chi connectivity index (χ0) is 17.5. The van der Waals surface area contributed by atoms with Crippen molar-refractivity contribution in [2.75, 3.05) is 20.1 Å². The normalized spacial score (nSPS) is 22.2. The van der Waals surface area contributed by atoms with E-state index in [1.54, 1.807) is 13.2 Å². The van der Waals surface area contributed by atoms with Crippen LogP contribution in [0.3, 0.4) is 0 Å². The van der Waals surface area contributed by atoms with E-state index in [-0.39, 0.29) is 19.6 Å². The second-order valence-corrected chi connectivity index (χ2v) is 6.32. The standard InChI is InChI=1S/C16H19F3N4O/c1-10-4-3-5-14-21-11(7-23(10)14)6-20-15(24)12-8-22(2)9-13(12)16(17,18)19/h3-5,7,12-13H,6,8-9H2,1-2H3,(H,20,24)/t12-,13-/m1/s1. The molecule has 0 aliphatic carbocycles. The number of nitrogens with zero attached hydrogens (tertiary/aromatic N) is 3. The van der Waals surface area contributed by atoms with E-state index in [0.29, 0.717) is 5.69 Å². The molecule has 1 aliphatic heterocycles. The lowest BCUT2D eigenvalue weighted by molar-refractivity contribution is -0.183. The SMILES string of the molecule is Cc1cccc2nc(CNC(=O)[C@@H]3CN(C)C[C@H]3C(F)(F)F)cn12. The number of halogens is 3. The van der Waals surface area contributed by atoms with Crippen molar-refractivity contribution in [1.82, 2.24) is 19.6 Å². The van der Waals surface area contributed by atoms with Gasteiger partial charge in [0, 0.05) is 25.0 Å². The van der Waals surface area contributed by atoms with Gasteiger partial charge in [-0.2, -0.15) is 13.2 Å². The van der Waals surface area contributed by atoms with Crippen LogP contribution >= 0.6 is 0 Å². The van der Waals surface area contributed by atoms with Crippen LogP contribution in [0.25, 0.3) is 5.65 Å². The smallest absolute Gasteiger partial charge is 0.350 e. The molecule has 3 heterocycles. The van der Waals surface area contributed by atoms with Crippen LogP contribution in [0.5, 0.6) is 0 Å². The van der Waals surface area contributed by atoms with E-state index < -0.39 is 23.9 Å². The number of hydrogen-bond donors (Lipinski definition) is 1. The third-order valence-electron chi connectivity index (χ3n) is 4.45. The van der Waals surface area contributed by atoms with Crippen molar-refractivity contribution in [1.29, 1.82) is 0 Å². The lowest BCUT2D eigenvalue weighted by Gasteiger charge is -2.20. The molecular formula is C16H19F3N4O. The fraction of sp³-hybridized carbons (Fsp3) is 0.500. The minimum Gasteiger partial charge on any atom is -0.350 e. The molecule has 2 aromatic rings. The monoisotopic (exact) mass is 340 g/mol. The molecular weight excluding hydrogens is 321 g/mol. The van der Waals surface area contributed by atoms with Crippen molar-refractivity contribution in [3.63, 3.8) is 0 Å². The highest BCUT2D eigenvalue weighted by molar-refractivity contribution is 5.79. The third-order valence-corrected chi connectivity index (χ3v) is 4.45. The molecule has 1 fully saturated rings. The Morgan fingerprint density at radius 2 is 2.12 bits per heavy atom. The van der Waals surface area contributed by atoms with Crippen molar-refractivity contribution in [2.24, 2.45) is 11.8 Å². The maximum Gasteiger partial charge on any atom is 0.393 e. The molecule has 1 saturated heterocycles. The predicted molar refractivity (Wildman–Crippen MR) is 82.3 cm³/mol. The lowest BCUT2D eigenvalue weighted by atomic mass is 9.94. The van der Waals surface area contributed by atoms with Gasteiger partial charge in [-0.15, -0.1) is 0 Å². The number of likely N-dealkylation sites (tertiary alicyclic amines) is 1. The number of amides is 1. The lowest BCUT2D eigenvalue weighted by Crippen LogP contribution is -2.39. The Labute approximate surface area is 137 Å². The molecule has 2 atom stereocenters. The Hall–Kier alpha value is -2.09. The van der Waals surface area contributed by atoms with Crippen LogP contribution in [0.15, 0.2) is 24.4 Å². The summed E-state index contributed by atoms with van der Waals surface area (Å²) in [6.45, 7) is 2.01. The van der Waals surface area contributed by atoms with Gasteiger partial charge in [-0.25, -0.2) is 4.98 Å². The topological polar surface area (TPSA) is 49.6 Å². The van der Waals surface area contributed by atoms with Gasteiger partial charge in [0.25, 0.3) is 0 Å². The van der Waals surface area contributed by atoms with Crippen molar-refractivity contribution in [3.8, 4) is 0 Å². The van der Waals surface area contributed by atoms with Crippen LogP contribution in [0.4, 0.5) is 13.2 Å². The van der Waals surface area contributed by atoms with Crippen LogP contribution in [-0.4, -0.2) is 46.5 Å². The minimum absolute atomic E-state index is 0.111. The number of imidazole rings is 1. The molecule has 3 rings (SSSR count). The van der Waals surface area contributed by atoms with E-state index >= 15 is 0 Å². The number of carbonyl (C=O) groups is 1. The highest BCUT2D eigenvalue weighted by atomic mass is 19.4. The molecule has 5 nitrogen and oxygen atoms in total. The molecule has 1 aliphatic rings. The minimum atomic E-state index is -4.37. The Bertz CT molecular complexity index is 755. The predicted octanol–water partition coefficient (Wildman–Crippen LogP) is 2.00. The summed E-state index contributed by atoms with van der Waals surface area (Å²) in [5.41, 5.74) is 2.35. The summed E-state index contributed by atoms with van der Waals surface area (Å²) in [7, 11) is 1.59. The molecule has 0 spiro atoms. The van der Waals surface area contributed by atoms with Gasteiger partial charge in [-0.05, 0) is 26.1 Å². The van der Waals surface area contributed by atoms with E-state index in [9.17, 15) is 18.0 Å². The molecule has 0 saturated carbocycles. The zero-order valence-electron chi connectivity index (χ0n) is 13.5. The van der Waals surface area contributed by atoms with Crippen LogP contribution in [0.2, 0.25) is 0 Å². The van der Waals surface area contributed by atoms with E-state index in [0.717, 1.165) is 11.3 Å². The third kappa shape index (κ3) is 3.24. The Morgan fingerprint density at radius 3 is 2.79 bits per heavy atom. The fourth-order valence-corrected chi connectivity index (χ4v) is 3.19. The number of aromatic nitrogens is 2. The number of carbonyl (C=O) groups excluding carboxylic acids is 1. The number of hydrogen-bond acceptors (Lipinski definition) is 3. The average Bonchev–Trinajstić information content (AvgIpc) is 3.08. The molecule has 2 aromatic heterocycles. The van der Waals surface area contributed by atoms with E-state index in [2.05, 4.69) is 10.3 Å². The molecule has 8 heteroatoms. The van der Waals surface area contributed by atoms with Crippen molar-refractivity contribution >= 4 is 11.6 Å². The van der Waals surface area contributed by atoms with E-state index in [1.165, 1.54) is 4.90 Å². The van der Waals surface area contributed by atoms with Gasteiger partial charge >= 0.3 is 6.18 Å². The highest BCUT2D eigenvalue weighted by Gasteiger charge is 2.51. The Morgan fingerprint density at radius 1 is 1.38 bits per heavy atom. The van der Waals surface area contributed by atoms with Crippen molar-refractivity contribution < 1.29 is 18.0 Å². The summed E-state index contributed by atoms with van der Waals surface area (Å²) < 4.78 is 41.1. The first-order valence-corrected chi connectivity index (χ1v) is 7.72. The van der Waals surface area contributed by atoms with Gasteiger partial charge in [0.1, 0.15) is 5.65 Å². The summed E-state index contributed by atoms with van der Waals surface area (Å²) in [6.07, 6.45) is -2.58. The van der Waals surface area contributed by atoms with Crippen molar-refractivity contribution in [3.05, 3.63) is 35.8 Å². The van der Waals surface area contributed by atoms with Gasteiger partial charge in [0.05, 0.1) is 24.1 Å². The quantitative estimate of drug-likeness (QED) is 0.930. The van der Waals surface area contributed by atoms with Crippen LogP contribution in [-0.2, 0) is 11.3 Å². The first-order valence-electron chi connectivity index (χ1n) is 7.72. The molecule has 1 amide bonds. The summed E-state index contributed by atoms with van der Waals surface area (Å²) in [5, 5.41) is 2.60. The van der Waals surface area contributed by atoms with Gasteiger partial charge in [0.15, 0.2) is 0 Å². The van der Waals surface area contributed by atoms with E-state index in [1.807, 2.05) is 29.5 Å². The second kappa shape index (κ2) is 6.08. The number of fused-ring (bicyclic) bond motifs is 1. The number of rotatable bonds is 3. The van der Waals surface area contributed by atoms with Crippen molar-refractivity contribution in [2.45, 2.75) is 19.6 Å². The fourth-order valence-electron chi connectivity index (χ4n) is 3.19. The molecule has 0 aromatic carbocycles. The molecule has 0 radical (unpaired) electrons. The van der Waals surface area contributed by atoms with Crippen LogP contribution in [0, 0.1) is 18.8 Å². The van der Waals surface area contributed by atoms with Gasteiger partial charge < -0.3 is 14.6 Å². The van der Waals surface area contributed by atoms with Gasteiger partial charge in [-0.3, -0.25) is 4.79 Å². The largest absolute Gasteiger partial charge is 0.393 e. The first-order chi connectivity index (χ1) is 11.3. The van der Waals surface area contributed by atoms with Crippen LogP contribution in [0.1, 0.15) is 11.4 Å². The first kappa shape index (κ1) is 16.8. The van der Waals surface area contributed by atoms with Gasteiger partial charge in [0.2, 0.25) is 5.91 Å². The highest BCUT2D eigenvalue weighted by Crippen LogP contribution is 2.37. The molecule has 24 heavy (non-hydrogen) atoms. The summed E-state index contributed by atoms with van der Waals surface area (Å²) in [5.74, 6) is -3.27. The van der Waals surface area contributed by atoms with E-state index in [4.69, 9.17) is 0 Å². The number of nitrogens with one attached hydrogen (secondary N) is 1. The average molecular weight is 340 g/mol. The van der Waals surface area contributed by atoms with Gasteiger partial charge in [-0.1, -0.05) is 6.07 Å². The number of aryl methyl sites for hydroxylation is 1. The maximum atomic E-state index is 13.1. The van der Waals surface area contributed by atoms with Crippen LogP contribution < -0.4 is 5.32 Å². The molecule has 1 N–H and O–H groups in total. The zero-order valence-corrected chi connectivity index (χ0v) is 13.5. The molecule has 0 bridgehead atoms. The molecule has 130 valence electrons. The number of pyridine rings is 1. The Balaban J connectivity index is 1.69. The summed E-state index contributed by atoms with van der Waals surface area (Å²) in [4.78, 5) is 18.1. The molecule has 0 unspecified atom stereocenters.